The lowest BCUT2D eigenvalue weighted by Gasteiger charge is -2.35. The lowest BCUT2D eigenvalue weighted by molar-refractivity contribution is -0.0797. The third kappa shape index (κ3) is 4.00. The van der Waals surface area contributed by atoms with E-state index in [2.05, 4.69) is 51.8 Å². The van der Waals surface area contributed by atoms with Crippen LogP contribution in [0.5, 0.6) is 0 Å². The lowest BCUT2D eigenvalue weighted by Crippen LogP contribution is -2.51. The second-order valence-electron chi connectivity index (χ2n) is 8.07. The van der Waals surface area contributed by atoms with E-state index in [0.29, 0.717) is 12.0 Å². The van der Waals surface area contributed by atoms with Crippen molar-refractivity contribution in [2.24, 2.45) is 5.92 Å². The molecule has 21 heavy (non-hydrogen) atoms. The first-order valence-electron chi connectivity index (χ1n) is 8.99. The molecule has 0 radical (unpaired) electrons. The zero-order valence-corrected chi connectivity index (χ0v) is 15.0. The van der Waals surface area contributed by atoms with Gasteiger partial charge in [-0.1, -0.05) is 13.8 Å². The van der Waals surface area contributed by atoms with Crippen molar-refractivity contribution in [1.82, 2.24) is 10.2 Å². The summed E-state index contributed by atoms with van der Waals surface area (Å²) < 4.78 is 6.45. The van der Waals surface area contributed by atoms with E-state index in [4.69, 9.17) is 4.74 Å². The van der Waals surface area contributed by atoms with Gasteiger partial charge in [0.2, 0.25) is 0 Å². The second-order valence-corrected chi connectivity index (χ2v) is 8.07. The van der Waals surface area contributed by atoms with Gasteiger partial charge in [-0.2, -0.15) is 0 Å². The highest BCUT2D eigenvalue weighted by Gasteiger charge is 2.54. The SMILES string of the molecule is CCCNC1C(CN(CCC)C2CC2)C(C)(C)OC1(C)C. The first-order valence-corrected chi connectivity index (χ1v) is 8.99. The fourth-order valence-corrected chi connectivity index (χ4v) is 4.12. The van der Waals surface area contributed by atoms with Crippen LogP contribution in [0.2, 0.25) is 0 Å². The molecule has 3 nitrogen and oxygen atoms in total. The molecule has 0 spiro atoms. The lowest BCUT2D eigenvalue weighted by atomic mass is 9.82. The van der Waals surface area contributed by atoms with Crippen LogP contribution in [0.15, 0.2) is 0 Å². The summed E-state index contributed by atoms with van der Waals surface area (Å²) in [4.78, 5) is 2.72. The Morgan fingerprint density at radius 3 is 2.24 bits per heavy atom. The molecule has 0 bridgehead atoms. The molecule has 1 aliphatic carbocycles. The van der Waals surface area contributed by atoms with Gasteiger partial charge in [0.25, 0.3) is 0 Å². The largest absolute Gasteiger partial charge is 0.368 e. The van der Waals surface area contributed by atoms with Crippen LogP contribution < -0.4 is 5.32 Å². The zero-order chi connectivity index (χ0) is 15.7. The second kappa shape index (κ2) is 6.55. The molecule has 0 amide bonds. The van der Waals surface area contributed by atoms with Crippen LogP contribution in [-0.2, 0) is 4.74 Å². The van der Waals surface area contributed by atoms with Gasteiger partial charge in [0, 0.05) is 24.5 Å². The topological polar surface area (TPSA) is 24.5 Å². The van der Waals surface area contributed by atoms with E-state index >= 15 is 0 Å². The number of rotatable bonds is 8. The van der Waals surface area contributed by atoms with Crippen molar-refractivity contribution in [2.75, 3.05) is 19.6 Å². The highest BCUT2D eigenvalue weighted by Crippen LogP contribution is 2.43. The van der Waals surface area contributed by atoms with Crippen LogP contribution >= 0.6 is 0 Å². The summed E-state index contributed by atoms with van der Waals surface area (Å²) in [6, 6.07) is 1.29. The number of hydrogen-bond donors (Lipinski definition) is 1. The fraction of sp³-hybridized carbons (Fsp3) is 1.00. The number of ether oxygens (including phenoxy) is 1. The molecule has 2 atom stereocenters. The molecular weight excluding hydrogens is 260 g/mol. The molecule has 2 unspecified atom stereocenters. The Morgan fingerprint density at radius 2 is 1.71 bits per heavy atom. The van der Waals surface area contributed by atoms with Gasteiger partial charge in [-0.05, 0) is 66.5 Å². The normalized spacial score (nSPS) is 31.0. The van der Waals surface area contributed by atoms with Gasteiger partial charge in [-0.25, -0.2) is 0 Å². The first-order chi connectivity index (χ1) is 9.81. The van der Waals surface area contributed by atoms with Gasteiger partial charge in [0.1, 0.15) is 0 Å². The summed E-state index contributed by atoms with van der Waals surface area (Å²) in [6.07, 6.45) is 5.22. The molecule has 0 aromatic heterocycles. The standard InChI is InChI=1S/C18H36N2O/c1-7-11-19-16-15(17(3,4)21-18(16,5)6)13-20(12-8-2)14-9-10-14/h14-16,19H,7-13H2,1-6H3. The van der Waals surface area contributed by atoms with E-state index in [1.165, 1.54) is 38.8 Å². The third-order valence-electron chi connectivity index (χ3n) is 5.19. The quantitative estimate of drug-likeness (QED) is 0.742. The number of nitrogens with one attached hydrogen (secondary N) is 1. The Hall–Kier alpha value is -0.120. The van der Waals surface area contributed by atoms with Crippen molar-refractivity contribution in [3.63, 3.8) is 0 Å². The molecule has 1 N–H and O–H groups in total. The van der Waals surface area contributed by atoms with Crippen molar-refractivity contribution in [3.8, 4) is 0 Å². The molecule has 3 heteroatoms. The molecule has 1 saturated heterocycles. The molecule has 124 valence electrons. The summed E-state index contributed by atoms with van der Waals surface area (Å²) in [7, 11) is 0. The first kappa shape index (κ1) is 17.2. The summed E-state index contributed by atoms with van der Waals surface area (Å²) >= 11 is 0. The summed E-state index contributed by atoms with van der Waals surface area (Å²) in [6.45, 7) is 17.1. The molecule has 1 heterocycles. The van der Waals surface area contributed by atoms with E-state index in [-0.39, 0.29) is 11.2 Å². The molecule has 0 aromatic carbocycles. The molecule has 2 fully saturated rings. The van der Waals surface area contributed by atoms with Gasteiger partial charge in [0.15, 0.2) is 0 Å². The van der Waals surface area contributed by atoms with Crippen LogP contribution in [0, 0.1) is 5.92 Å². The van der Waals surface area contributed by atoms with Gasteiger partial charge in [0.05, 0.1) is 11.2 Å². The summed E-state index contributed by atoms with van der Waals surface area (Å²) in [5.41, 5.74) is -0.124. The Morgan fingerprint density at radius 1 is 1.05 bits per heavy atom. The van der Waals surface area contributed by atoms with Crippen LogP contribution in [0.4, 0.5) is 0 Å². The molecule has 0 aromatic rings. The van der Waals surface area contributed by atoms with Gasteiger partial charge in [-0.15, -0.1) is 0 Å². The van der Waals surface area contributed by atoms with E-state index in [1.54, 1.807) is 0 Å². The Bertz CT molecular complexity index is 336. The van der Waals surface area contributed by atoms with E-state index in [0.717, 1.165) is 12.6 Å². The van der Waals surface area contributed by atoms with E-state index < -0.39 is 0 Å². The van der Waals surface area contributed by atoms with Crippen molar-refractivity contribution < 1.29 is 4.74 Å². The smallest absolute Gasteiger partial charge is 0.0790 e. The maximum atomic E-state index is 6.45. The van der Waals surface area contributed by atoms with Gasteiger partial charge in [-0.3, -0.25) is 4.90 Å². The Labute approximate surface area is 131 Å². The maximum Gasteiger partial charge on any atom is 0.0790 e. The average Bonchev–Trinajstić information content (AvgIpc) is 3.16. The molecule has 1 aliphatic heterocycles. The summed E-state index contributed by atoms with van der Waals surface area (Å²) in [5.74, 6) is 0.561. The highest BCUT2D eigenvalue weighted by molar-refractivity contribution is 5.06. The third-order valence-corrected chi connectivity index (χ3v) is 5.19. The predicted octanol–water partition coefficient (Wildman–Crippen LogP) is 3.43. The van der Waals surface area contributed by atoms with Crippen molar-refractivity contribution >= 4 is 0 Å². The van der Waals surface area contributed by atoms with Gasteiger partial charge >= 0.3 is 0 Å². The van der Waals surface area contributed by atoms with E-state index in [1.807, 2.05) is 0 Å². The molecule has 2 rings (SSSR count). The monoisotopic (exact) mass is 296 g/mol. The maximum absolute atomic E-state index is 6.45. The zero-order valence-electron chi connectivity index (χ0n) is 15.0. The minimum absolute atomic E-state index is 0.0458. The Kier molecular flexibility index (Phi) is 5.38. The number of nitrogens with zero attached hydrogens (tertiary/aromatic N) is 1. The van der Waals surface area contributed by atoms with Crippen LogP contribution in [-0.4, -0.2) is 47.8 Å². The predicted molar refractivity (Wildman–Crippen MR) is 89.7 cm³/mol. The fourth-order valence-electron chi connectivity index (χ4n) is 4.12. The Balaban J connectivity index is 2.11. The molecular formula is C18H36N2O. The van der Waals surface area contributed by atoms with Gasteiger partial charge < -0.3 is 10.1 Å². The minimum atomic E-state index is -0.0786. The molecule has 1 saturated carbocycles. The van der Waals surface area contributed by atoms with Crippen LogP contribution in [0.3, 0.4) is 0 Å². The summed E-state index contributed by atoms with van der Waals surface area (Å²) in [5, 5.41) is 3.78. The van der Waals surface area contributed by atoms with Crippen molar-refractivity contribution in [2.45, 2.75) is 90.5 Å². The van der Waals surface area contributed by atoms with Crippen LogP contribution in [0.25, 0.3) is 0 Å². The van der Waals surface area contributed by atoms with E-state index in [9.17, 15) is 0 Å². The highest BCUT2D eigenvalue weighted by atomic mass is 16.5. The van der Waals surface area contributed by atoms with Crippen molar-refractivity contribution in [3.05, 3.63) is 0 Å². The van der Waals surface area contributed by atoms with Crippen molar-refractivity contribution in [1.29, 1.82) is 0 Å². The molecule has 2 aliphatic rings. The number of hydrogen-bond acceptors (Lipinski definition) is 3. The minimum Gasteiger partial charge on any atom is -0.368 e. The van der Waals surface area contributed by atoms with Crippen LogP contribution in [0.1, 0.15) is 67.2 Å². The average molecular weight is 296 g/mol.